The fourth-order valence-electron chi connectivity index (χ4n) is 4.36. The smallest absolute Gasteiger partial charge is 0.162 e. The summed E-state index contributed by atoms with van der Waals surface area (Å²) < 4.78 is 0. The third-order valence-corrected chi connectivity index (χ3v) is 6.19. The molecule has 1 aliphatic carbocycles. The van der Waals surface area contributed by atoms with Crippen molar-refractivity contribution in [2.45, 2.75) is 18.8 Å². The van der Waals surface area contributed by atoms with Crippen molar-refractivity contribution in [2.75, 3.05) is 36.4 Å². The van der Waals surface area contributed by atoms with Gasteiger partial charge in [-0.3, -0.25) is 4.98 Å². The molecule has 2 aliphatic rings. The maximum absolute atomic E-state index is 9.11. The van der Waals surface area contributed by atoms with Crippen molar-refractivity contribution >= 4 is 28.4 Å². The Balaban J connectivity index is 1.42. The number of pyridine rings is 3. The van der Waals surface area contributed by atoms with Crippen LogP contribution >= 0.6 is 0 Å². The molecular weight excluding hydrogens is 426 g/mol. The van der Waals surface area contributed by atoms with Crippen LogP contribution in [-0.4, -0.2) is 51.1 Å². The molecule has 6 rings (SSSR count). The van der Waals surface area contributed by atoms with E-state index in [9.17, 15) is 0 Å². The fraction of sp³-hybridized carbons (Fsp3) is 0.280. The monoisotopic (exact) mass is 449 g/mol. The third-order valence-electron chi connectivity index (χ3n) is 6.19. The highest BCUT2D eigenvalue weighted by molar-refractivity contribution is 5.94. The molecule has 2 N–H and O–H groups in total. The lowest BCUT2D eigenvalue weighted by molar-refractivity contribution is 0.586. The van der Waals surface area contributed by atoms with Crippen molar-refractivity contribution < 1.29 is 0 Å². The summed E-state index contributed by atoms with van der Waals surface area (Å²) in [5, 5.41) is 16.8. The van der Waals surface area contributed by atoms with Crippen molar-refractivity contribution in [1.29, 1.82) is 5.26 Å². The lowest BCUT2D eigenvalue weighted by Gasteiger charge is -2.30. The van der Waals surface area contributed by atoms with Gasteiger partial charge in [0.25, 0.3) is 0 Å². The maximum atomic E-state index is 9.11. The molecule has 0 aromatic carbocycles. The van der Waals surface area contributed by atoms with Gasteiger partial charge >= 0.3 is 0 Å². The zero-order valence-electron chi connectivity index (χ0n) is 18.6. The van der Waals surface area contributed by atoms with E-state index in [1.54, 1.807) is 24.4 Å². The highest BCUT2D eigenvalue weighted by atomic mass is 15.2. The Hall–Kier alpha value is -4.16. The Kier molecular flexibility index (Phi) is 5.20. The number of nitrogens with zero attached hydrogens (tertiary/aromatic N) is 7. The molecule has 1 aliphatic heterocycles. The Morgan fingerprint density at radius 2 is 1.91 bits per heavy atom. The van der Waals surface area contributed by atoms with Crippen LogP contribution in [0.5, 0.6) is 0 Å². The zero-order valence-corrected chi connectivity index (χ0v) is 18.6. The molecular formula is C25H23N9. The average Bonchev–Trinajstić information content (AvgIpc) is 3.74. The van der Waals surface area contributed by atoms with Gasteiger partial charge in [-0.05, 0) is 48.6 Å². The van der Waals surface area contributed by atoms with Crippen LogP contribution in [-0.2, 0) is 0 Å². The molecule has 0 atom stereocenters. The van der Waals surface area contributed by atoms with Crippen LogP contribution in [0.4, 0.5) is 17.5 Å². The van der Waals surface area contributed by atoms with Gasteiger partial charge in [0.15, 0.2) is 5.82 Å². The highest BCUT2D eigenvalue weighted by Gasteiger charge is 2.29. The van der Waals surface area contributed by atoms with Crippen molar-refractivity contribution in [1.82, 2.24) is 30.2 Å². The molecule has 168 valence electrons. The number of aromatic nitrogens is 5. The number of anilines is 3. The Morgan fingerprint density at radius 3 is 2.74 bits per heavy atom. The van der Waals surface area contributed by atoms with E-state index >= 15 is 0 Å². The van der Waals surface area contributed by atoms with Crippen LogP contribution in [0.15, 0.2) is 48.9 Å². The van der Waals surface area contributed by atoms with Crippen LogP contribution in [0.3, 0.4) is 0 Å². The van der Waals surface area contributed by atoms with Crippen LogP contribution in [0.1, 0.15) is 30.0 Å². The lowest BCUT2D eigenvalue weighted by atomic mass is 10.1. The summed E-state index contributed by atoms with van der Waals surface area (Å²) in [6.45, 7) is 3.68. The third kappa shape index (κ3) is 4.00. The molecule has 9 nitrogen and oxygen atoms in total. The largest absolute Gasteiger partial charge is 0.353 e. The normalized spacial score (nSPS) is 15.8. The van der Waals surface area contributed by atoms with Crippen LogP contribution in [0, 0.1) is 11.3 Å². The molecule has 0 radical (unpaired) electrons. The molecule has 1 saturated carbocycles. The van der Waals surface area contributed by atoms with Crippen molar-refractivity contribution in [2.24, 2.45) is 0 Å². The molecule has 5 heterocycles. The molecule has 34 heavy (non-hydrogen) atoms. The van der Waals surface area contributed by atoms with Crippen molar-refractivity contribution in [3.63, 3.8) is 0 Å². The van der Waals surface area contributed by atoms with Crippen molar-refractivity contribution in [3.8, 4) is 17.5 Å². The minimum atomic E-state index is 0.346. The first kappa shape index (κ1) is 20.4. The summed E-state index contributed by atoms with van der Waals surface area (Å²) in [5.41, 5.74) is 3.33. The minimum absolute atomic E-state index is 0.346. The van der Waals surface area contributed by atoms with Gasteiger partial charge in [-0.1, -0.05) is 6.07 Å². The summed E-state index contributed by atoms with van der Waals surface area (Å²) in [6.07, 6.45) is 7.96. The second kappa shape index (κ2) is 8.65. The van der Waals surface area contributed by atoms with Gasteiger partial charge < -0.3 is 15.5 Å². The SMILES string of the molecule is N#Cc1cccc(Nc2cc(-c3nc(N4CCNCC4)c4c(C5CC5)cncc4n3)ccn2)n1. The molecule has 0 spiro atoms. The fourth-order valence-corrected chi connectivity index (χ4v) is 4.36. The number of fused-ring (bicyclic) bond motifs is 1. The van der Waals surface area contributed by atoms with E-state index in [0.29, 0.717) is 29.1 Å². The molecule has 4 aromatic rings. The number of hydrogen-bond donors (Lipinski definition) is 2. The molecule has 0 amide bonds. The first-order valence-electron chi connectivity index (χ1n) is 11.5. The number of piperazine rings is 1. The second-order valence-corrected chi connectivity index (χ2v) is 8.58. The van der Waals surface area contributed by atoms with Gasteiger partial charge in [-0.15, -0.1) is 0 Å². The average molecular weight is 450 g/mol. The van der Waals surface area contributed by atoms with Gasteiger partial charge in [-0.25, -0.2) is 19.9 Å². The van der Waals surface area contributed by atoms with Crippen LogP contribution < -0.4 is 15.5 Å². The molecule has 2 fully saturated rings. The molecule has 0 bridgehead atoms. The second-order valence-electron chi connectivity index (χ2n) is 8.58. The quantitative estimate of drug-likeness (QED) is 0.473. The Bertz CT molecular complexity index is 1400. The summed E-state index contributed by atoms with van der Waals surface area (Å²) in [4.78, 5) is 25.6. The number of nitriles is 1. The van der Waals surface area contributed by atoms with Crippen LogP contribution in [0.25, 0.3) is 22.3 Å². The summed E-state index contributed by atoms with van der Waals surface area (Å²) in [5.74, 6) is 3.35. The molecule has 0 unspecified atom stereocenters. The minimum Gasteiger partial charge on any atom is -0.353 e. The van der Waals surface area contributed by atoms with Crippen LogP contribution in [0.2, 0.25) is 0 Å². The van der Waals surface area contributed by atoms with Gasteiger partial charge in [0, 0.05) is 49.5 Å². The predicted octanol–water partition coefficient (Wildman–Crippen LogP) is 3.38. The van der Waals surface area contributed by atoms with Gasteiger partial charge in [0.05, 0.1) is 11.7 Å². The van der Waals surface area contributed by atoms with E-state index in [1.807, 2.05) is 24.5 Å². The summed E-state index contributed by atoms with van der Waals surface area (Å²) in [6, 6.07) is 11.1. The van der Waals surface area contributed by atoms with E-state index < -0.39 is 0 Å². The zero-order chi connectivity index (χ0) is 22.9. The summed E-state index contributed by atoms with van der Waals surface area (Å²) in [7, 11) is 0. The molecule has 1 saturated heterocycles. The number of nitrogens with one attached hydrogen (secondary N) is 2. The first-order valence-corrected chi connectivity index (χ1v) is 11.5. The standard InChI is InChI=1S/C25H23N9/c26-13-18-2-1-3-21(30-18)32-22-12-17(6-7-29-22)24-31-20-15-28-14-19(16-4-5-16)23(20)25(33-24)34-10-8-27-9-11-34/h1-3,6-7,12,14-16,27H,4-5,8-11H2,(H,29,30,32). The predicted molar refractivity (Wildman–Crippen MR) is 130 cm³/mol. The van der Waals surface area contributed by atoms with E-state index in [4.69, 9.17) is 15.2 Å². The lowest BCUT2D eigenvalue weighted by Crippen LogP contribution is -2.44. The first-order chi connectivity index (χ1) is 16.8. The van der Waals surface area contributed by atoms with E-state index in [1.165, 1.54) is 18.4 Å². The summed E-state index contributed by atoms with van der Waals surface area (Å²) >= 11 is 0. The van der Waals surface area contributed by atoms with Gasteiger partial charge in [0.1, 0.15) is 29.2 Å². The van der Waals surface area contributed by atoms with Crippen molar-refractivity contribution in [3.05, 3.63) is 60.2 Å². The molecule has 9 heteroatoms. The van der Waals surface area contributed by atoms with E-state index in [2.05, 4.69) is 36.6 Å². The highest BCUT2D eigenvalue weighted by Crippen LogP contribution is 2.44. The topological polar surface area (TPSA) is 116 Å². The maximum Gasteiger partial charge on any atom is 0.162 e. The number of hydrogen-bond acceptors (Lipinski definition) is 9. The number of rotatable bonds is 5. The molecule has 4 aromatic heterocycles. The van der Waals surface area contributed by atoms with Gasteiger partial charge in [-0.2, -0.15) is 5.26 Å². The Labute approximate surface area is 196 Å². The van der Waals surface area contributed by atoms with Gasteiger partial charge in [0.2, 0.25) is 0 Å². The van der Waals surface area contributed by atoms with E-state index in [0.717, 1.165) is 48.5 Å². The Morgan fingerprint density at radius 1 is 1.03 bits per heavy atom. The van der Waals surface area contributed by atoms with E-state index in [-0.39, 0.29) is 0 Å².